The second-order valence-corrected chi connectivity index (χ2v) is 9.13. The summed E-state index contributed by atoms with van der Waals surface area (Å²) in [6.45, 7) is 0.694. The Kier molecular flexibility index (Phi) is 6.51. The van der Waals surface area contributed by atoms with Crippen LogP contribution in [0.1, 0.15) is 42.9 Å². The van der Waals surface area contributed by atoms with Crippen molar-refractivity contribution in [3.05, 3.63) is 83.1 Å². The molecule has 3 aliphatic rings. The lowest BCUT2D eigenvalue weighted by Crippen LogP contribution is -2.54. The summed E-state index contributed by atoms with van der Waals surface area (Å²) in [6.07, 6.45) is 8.06. The quantitative estimate of drug-likeness (QED) is 0.521. The molecule has 7 nitrogen and oxygen atoms in total. The van der Waals surface area contributed by atoms with Crippen molar-refractivity contribution in [3.8, 4) is 0 Å². The highest BCUT2D eigenvalue weighted by Gasteiger charge is 2.44. The molecule has 1 fully saturated rings. The van der Waals surface area contributed by atoms with Crippen LogP contribution < -0.4 is 16.2 Å². The van der Waals surface area contributed by atoms with Crippen molar-refractivity contribution in [2.45, 2.75) is 50.4 Å². The molecule has 0 saturated carbocycles. The van der Waals surface area contributed by atoms with Crippen LogP contribution in [0.15, 0.2) is 72.1 Å². The number of rotatable bonds is 8. The Hall–Kier alpha value is -3.03. The molecule has 3 N–H and O–H groups in total. The van der Waals surface area contributed by atoms with Crippen molar-refractivity contribution >= 4 is 23.3 Å². The zero-order valence-electron chi connectivity index (χ0n) is 18.5. The number of carbonyl (C=O) groups excluding carboxylic acids is 1. The maximum absolute atomic E-state index is 12.3. The predicted octanol–water partition coefficient (Wildman–Crippen LogP) is 3.52. The molecule has 1 saturated heterocycles. The summed E-state index contributed by atoms with van der Waals surface area (Å²) in [7, 11) is 0. The van der Waals surface area contributed by atoms with E-state index in [0.717, 1.165) is 30.1 Å². The second kappa shape index (κ2) is 9.85. The minimum atomic E-state index is 0.0590. The molecule has 3 atom stereocenters. The molecule has 33 heavy (non-hydrogen) atoms. The third-order valence-corrected chi connectivity index (χ3v) is 6.72. The number of halogens is 1. The fraction of sp³-hybridized carbons (Fsp3) is 0.360. The predicted molar refractivity (Wildman–Crippen MR) is 130 cm³/mol. The van der Waals surface area contributed by atoms with Crippen molar-refractivity contribution in [2.24, 2.45) is 5.10 Å². The first-order valence-electron chi connectivity index (χ1n) is 11.6. The van der Waals surface area contributed by atoms with E-state index in [9.17, 15) is 4.79 Å². The first-order chi connectivity index (χ1) is 16.2. The number of fused-ring (bicyclic) bond motifs is 3. The number of carbonyl (C=O) groups is 1. The zero-order chi connectivity index (χ0) is 22.6. The van der Waals surface area contributed by atoms with E-state index in [-0.39, 0.29) is 24.2 Å². The van der Waals surface area contributed by atoms with Gasteiger partial charge in [-0.2, -0.15) is 5.10 Å². The van der Waals surface area contributed by atoms with Crippen molar-refractivity contribution in [2.75, 3.05) is 6.54 Å². The average Bonchev–Trinajstić information content (AvgIpc) is 3.45. The van der Waals surface area contributed by atoms with Crippen molar-refractivity contribution < 1.29 is 4.79 Å². The van der Waals surface area contributed by atoms with Crippen LogP contribution in [-0.4, -0.2) is 40.4 Å². The van der Waals surface area contributed by atoms with Crippen LogP contribution in [0.25, 0.3) is 0 Å². The van der Waals surface area contributed by atoms with Gasteiger partial charge in [-0.05, 0) is 42.5 Å². The molecule has 172 valence electrons. The fourth-order valence-corrected chi connectivity index (χ4v) is 4.83. The van der Waals surface area contributed by atoms with Crippen LogP contribution in [0.2, 0.25) is 5.02 Å². The molecule has 3 unspecified atom stereocenters. The maximum Gasteiger partial charge on any atom is 0.220 e. The van der Waals surface area contributed by atoms with Gasteiger partial charge in [-0.1, -0.05) is 54.1 Å². The molecular formula is C25H29ClN6O. The van der Waals surface area contributed by atoms with Crippen LogP contribution in [0.3, 0.4) is 0 Å². The minimum absolute atomic E-state index is 0.0590. The highest BCUT2D eigenvalue weighted by molar-refractivity contribution is 6.30. The SMILES string of the molecule is O=C(CCC1=NNC2C3CC(c4ccc(Cl)cc4)NN3C=CN12)NCCCc1ccccc1. The van der Waals surface area contributed by atoms with Crippen molar-refractivity contribution in [1.82, 2.24) is 26.1 Å². The number of amides is 1. The molecule has 2 aromatic rings. The van der Waals surface area contributed by atoms with E-state index >= 15 is 0 Å². The van der Waals surface area contributed by atoms with Crippen LogP contribution in [0.5, 0.6) is 0 Å². The Bertz CT molecular complexity index is 1020. The molecule has 5 rings (SSSR count). The molecule has 8 heteroatoms. The van der Waals surface area contributed by atoms with Gasteiger partial charge in [0.05, 0.1) is 12.1 Å². The smallest absolute Gasteiger partial charge is 0.220 e. The Morgan fingerprint density at radius 3 is 2.73 bits per heavy atom. The summed E-state index contributed by atoms with van der Waals surface area (Å²) in [5.41, 5.74) is 9.37. The number of nitrogens with zero attached hydrogens (tertiary/aromatic N) is 3. The number of hydrogen-bond donors (Lipinski definition) is 3. The zero-order valence-corrected chi connectivity index (χ0v) is 19.2. The van der Waals surface area contributed by atoms with Crippen molar-refractivity contribution in [3.63, 3.8) is 0 Å². The lowest BCUT2D eigenvalue weighted by molar-refractivity contribution is -0.120. The van der Waals surface area contributed by atoms with E-state index in [4.69, 9.17) is 11.6 Å². The number of hydrazine groups is 1. The minimum Gasteiger partial charge on any atom is -0.356 e. The molecule has 1 amide bonds. The fourth-order valence-electron chi connectivity index (χ4n) is 4.70. The van der Waals surface area contributed by atoms with E-state index in [1.165, 1.54) is 11.1 Å². The largest absolute Gasteiger partial charge is 0.356 e. The van der Waals surface area contributed by atoms with Crippen molar-refractivity contribution in [1.29, 1.82) is 0 Å². The van der Waals surface area contributed by atoms with Crippen LogP contribution in [0.4, 0.5) is 0 Å². The number of amidine groups is 1. The molecule has 0 bridgehead atoms. The topological polar surface area (TPSA) is 72.0 Å². The molecular weight excluding hydrogens is 436 g/mol. The number of hydrazone groups is 1. The Balaban J connectivity index is 1.08. The third kappa shape index (κ3) is 4.99. The average molecular weight is 465 g/mol. The first-order valence-corrected chi connectivity index (χ1v) is 11.9. The number of aryl methyl sites for hydroxylation is 1. The van der Waals surface area contributed by atoms with Crippen LogP contribution >= 0.6 is 11.6 Å². The van der Waals surface area contributed by atoms with E-state index in [2.05, 4.69) is 61.6 Å². The summed E-state index contributed by atoms with van der Waals surface area (Å²) in [5.74, 6) is 0.979. The van der Waals surface area contributed by atoms with Gasteiger partial charge in [0.25, 0.3) is 0 Å². The summed E-state index contributed by atoms with van der Waals surface area (Å²) in [6, 6.07) is 18.8. The number of nitrogens with one attached hydrogen (secondary N) is 3. The lowest BCUT2D eigenvalue weighted by atomic mass is 9.99. The highest BCUT2D eigenvalue weighted by Crippen LogP contribution is 2.34. The first kappa shape index (κ1) is 21.8. The van der Waals surface area contributed by atoms with E-state index in [1.807, 2.05) is 36.5 Å². The molecule has 0 aromatic heterocycles. The second-order valence-electron chi connectivity index (χ2n) is 8.69. The van der Waals surface area contributed by atoms with Gasteiger partial charge in [0.1, 0.15) is 12.0 Å². The van der Waals surface area contributed by atoms with Gasteiger partial charge in [0.2, 0.25) is 5.91 Å². The Labute approximate surface area is 199 Å². The summed E-state index contributed by atoms with van der Waals surface area (Å²) < 4.78 is 0. The normalized spacial score (nSPS) is 23.1. The molecule has 3 aliphatic heterocycles. The van der Waals surface area contributed by atoms with Gasteiger partial charge in [-0.25, -0.2) is 5.43 Å². The Morgan fingerprint density at radius 2 is 1.91 bits per heavy atom. The van der Waals surface area contributed by atoms with E-state index < -0.39 is 0 Å². The number of benzene rings is 2. The van der Waals surface area contributed by atoms with Gasteiger partial charge in [-0.3, -0.25) is 10.2 Å². The number of hydrogen-bond acceptors (Lipinski definition) is 6. The summed E-state index contributed by atoms with van der Waals surface area (Å²) in [5, 5.41) is 10.5. The van der Waals surface area contributed by atoms with Gasteiger partial charge in [-0.15, -0.1) is 0 Å². The summed E-state index contributed by atoms with van der Waals surface area (Å²) >= 11 is 6.04. The van der Waals surface area contributed by atoms with Gasteiger partial charge in [0.15, 0.2) is 0 Å². The van der Waals surface area contributed by atoms with Gasteiger partial charge in [0, 0.05) is 36.8 Å². The molecule has 0 aliphatic carbocycles. The Morgan fingerprint density at radius 1 is 1.09 bits per heavy atom. The molecule has 0 radical (unpaired) electrons. The van der Waals surface area contributed by atoms with Crippen LogP contribution in [-0.2, 0) is 11.2 Å². The monoisotopic (exact) mass is 464 g/mol. The summed E-state index contributed by atoms with van der Waals surface area (Å²) in [4.78, 5) is 14.5. The molecule has 3 heterocycles. The van der Waals surface area contributed by atoms with E-state index in [0.29, 0.717) is 19.4 Å². The van der Waals surface area contributed by atoms with E-state index in [1.54, 1.807) is 0 Å². The van der Waals surface area contributed by atoms with Gasteiger partial charge < -0.3 is 15.2 Å². The lowest BCUT2D eigenvalue weighted by Gasteiger charge is -2.37. The van der Waals surface area contributed by atoms with Crippen LogP contribution in [0, 0.1) is 0 Å². The molecule has 2 aromatic carbocycles. The maximum atomic E-state index is 12.3. The highest BCUT2D eigenvalue weighted by atomic mass is 35.5. The molecule has 0 spiro atoms. The van der Waals surface area contributed by atoms with Gasteiger partial charge >= 0.3 is 0 Å². The third-order valence-electron chi connectivity index (χ3n) is 6.47. The standard InChI is InChI=1S/C25H29ClN6O/c26-20-10-8-19(9-11-20)21-17-22-25-29-28-23(31(25)15-16-32(22)30-21)12-13-24(33)27-14-4-7-18-5-2-1-3-6-18/h1-3,5-6,8-11,15-16,21-22,25,29-30H,4,7,12-14,17H2,(H,27,33).